The fraction of sp³-hybridized carbons (Fsp3) is 0.200. The number of imidazole rings is 1. The lowest BCUT2D eigenvalue weighted by Crippen LogP contribution is -1.90. The Balaban J connectivity index is 2.01. The summed E-state index contributed by atoms with van der Waals surface area (Å²) >= 11 is 0. The molecule has 0 atom stereocenters. The molecule has 3 aromatic rings. The molecule has 0 radical (unpaired) electrons. The molecule has 90 valence electrons. The van der Waals surface area contributed by atoms with Crippen LogP contribution in [0.5, 0.6) is 0 Å². The van der Waals surface area contributed by atoms with Crippen LogP contribution in [-0.4, -0.2) is 15.0 Å². The third-order valence-corrected chi connectivity index (χ3v) is 3.09. The summed E-state index contributed by atoms with van der Waals surface area (Å²) in [5.41, 5.74) is 5.90. The molecule has 0 bridgehead atoms. The van der Waals surface area contributed by atoms with E-state index in [0.29, 0.717) is 0 Å². The Morgan fingerprint density at radius 2 is 1.89 bits per heavy atom. The number of rotatable bonds is 2. The molecule has 1 aromatic carbocycles. The minimum absolute atomic E-state index is 0.815. The van der Waals surface area contributed by atoms with Gasteiger partial charge in [-0.2, -0.15) is 0 Å². The molecule has 1 N–H and O–H groups in total. The van der Waals surface area contributed by atoms with Crippen molar-refractivity contribution < 1.29 is 0 Å². The number of pyridine rings is 1. The van der Waals surface area contributed by atoms with Gasteiger partial charge in [-0.25, -0.2) is 4.98 Å². The second-order valence-electron chi connectivity index (χ2n) is 4.69. The van der Waals surface area contributed by atoms with Gasteiger partial charge in [0.05, 0.1) is 11.0 Å². The molecular formula is C15H15N3. The van der Waals surface area contributed by atoms with E-state index in [2.05, 4.69) is 40.9 Å². The fourth-order valence-corrected chi connectivity index (χ4v) is 2.30. The van der Waals surface area contributed by atoms with Crippen LogP contribution in [0.3, 0.4) is 0 Å². The van der Waals surface area contributed by atoms with Crippen LogP contribution in [0.15, 0.2) is 36.7 Å². The summed E-state index contributed by atoms with van der Waals surface area (Å²) in [7, 11) is 0. The van der Waals surface area contributed by atoms with Crippen molar-refractivity contribution in [2.75, 3.05) is 0 Å². The van der Waals surface area contributed by atoms with Crippen molar-refractivity contribution in [3.05, 3.63) is 59.2 Å². The first-order chi connectivity index (χ1) is 8.72. The SMILES string of the molecule is Cc1cc(C)c2nc(Cc3ccncc3)[nH]c2c1. The first-order valence-electron chi connectivity index (χ1n) is 6.07. The van der Waals surface area contributed by atoms with E-state index < -0.39 is 0 Å². The zero-order chi connectivity index (χ0) is 12.5. The summed E-state index contributed by atoms with van der Waals surface area (Å²) in [6.45, 7) is 4.21. The monoisotopic (exact) mass is 237 g/mol. The molecule has 0 spiro atoms. The normalized spacial score (nSPS) is 11.0. The van der Waals surface area contributed by atoms with Crippen LogP contribution in [-0.2, 0) is 6.42 Å². The van der Waals surface area contributed by atoms with E-state index in [0.717, 1.165) is 23.3 Å². The molecular weight excluding hydrogens is 222 g/mol. The fourth-order valence-electron chi connectivity index (χ4n) is 2.30. The van der Waals surface area contributed by atoms with Crippen molar-refractivity contribution >= 4 is 11.0 Å². The van der Waals surface area contributed by atoms with E-state index in [1.807, 2.05) is 24.5 Å². The summed E-state index contributed by atoms with van der Waals surface area (Å²) in [5, 5.41) is 0. The topological polar surface area (TPSA) is 41.6 Å². The Labute approximate surface area is 106 Å². The van der Waals surface area contributed by atoms with E-state index in [-0.39, 0.29) is 0 Å². The van der Waals surface area contributed by atoms with Gasteiger partial charge in [-0.1, -0.05) is 6.07 Å². The Morgan fingerprint density at radius 1 is 1.11 bits per heavy atom. The summed E-state index contributed by atoms with van der Waals surface area (Å²) in [5.74, 6) is 1.00. The largest absolute Gasteiger partial charge is 0.342 e. The first kappa shape index (κ1) is 11.0. The van der Waals surface area contributed by atoms with Crippen LogP contribution in [0.2, 0.25) is 0 Å². The van der Waals surface area contributed by atoms with Crippen LogP contribution >= 0.6 is 0 Å². The summed E-state index contributed by atoms with van der Waals surface area (Å²) in [6, 6.07) is 8.35. The van der Waals surface area contributed by atoms with Crippen molar-refractivity contribution in [3.63, 3.8) is 0 Å². The van der Waals surface area contributed by atoms with Crippen LogP contribution in [0.1, 0.15) is 22.5 Å². The summed E-state index contributed by atoms with van der Waals surface area (Å²) < 4.78 is 0. The van der Waals surface area contributed by atoms with Gasteiger partial charge in [0.25, 0.3) is 0 Å². The summed E-state index contributed by atoms with van der Waals surface area (Å²) in [4.78, 5) is 12.1. The van der Waals surface area contributed by atoms with E-state index in [9.17, 15) is 0 Å². The molecule has 2 aromatic heterocycles. The highest BCUT2D eigenvalue weighted by Crippen LogP contribution is 2.19. The molecule has 0 amide bonds. The van der Waals surface area contributed by atoms with Crippen molar-refractivity contribution in [3.8, 4) is 0 Å². The number of benzene rings is 1. The number of aromatic amines is 1. The van der Waals surface area contributed by atoms with Gasteiger partial charge in [0.1, 0.15) is 5.82 Å². The zero-order valence-corrected chi connectivity index (χ0v) is 10.6. The van der Waals surface area contributed by atoms with Gasteiger partial charge in [-0.05, 0) is 48.7 Å². The average molecular weight is 237 g/mol. The lowest BCUT2D eigenvalue weighted by atomic mass is 10.1. The van der Waals surface area contributed by atoms with Gasteiger partial charge >= 0.3 is 0 Å². The van der Waals surface area contributed by atoms with Crippen molar-refractivity contribution in [1.82, 2.24) is 15.0 Å². The van der Waals surface area contributed by atoms with Gasteiger partial charge in [0.2, 0.25) is 0 Å². The summed E-state index contributed by atoms with van der Waals surface area (Å²) in [6.07, 6.45) is 4.44. The molecule has 0 unspecified atom stereocenters. The van der Waals surface area contributed by atoms with Gasteiger partial charge in [-0.15, -0.1) is 0 Å². The number of fused-ring (bicyclic) bond motifs is 1. The van der Waals surface area contributed by atoms with Crippen LogP contribution < -0.4 is 0 Å². The number of hydrogen-bond acceptors (Lipinski definition) is 2. The number of H-pyrrole nitrogens is 1. The van der Waals surface area contributed by atoms with E-state index in [4.69, 9.17) is 0 Å². The maximum atomic E-state index is 4.67. The maximum Gasteiger partial charge on any atom is 0.111 e. The molecule has 0 aliphatic heterocycles. The molecule has 0 aliphatic rings. The lowest BCUT2D eigenvalue weighted by Gasteiger charge is -1.96. The Bertz CT molecular complexity index is 684. The van der Waals surface area contributed by atoms with Crippen molar-refractivity contribution in [2.45, 2.75) is 20.3 Å². The number of aromatic nitrogens is 3. The highest BCUT2D eigenvalue weighted by atomic mass is 14.9. The van der Waals surface area contributed by atoms with E-state index in [1.165, 1.54) is 16.7 Å². The standard InChI is InChI=1S/C15H15N3/c1-10-7-11(2)15-13(8-10)17-14(18-15)9-12-3-5-16-6-4-12/h3-8H,9H2,1-2H3,(H,17,18). The maximum absolute atomic E-state index is 4.67. The molecule has 2 heterocycles. The molecule has 0 saturated carbocycles. The van der Waals surface area contributed by atoms with Crippen LogP contribution in [0.25, 0.3) is 11.0 Å². The third-order valence-electron chi connectivity index (χ3n) is 3.09. The molecule has 0 fully saturated rings. The molecule has 0 aliphatic carbocycles. The first-order valence-corrected chi connectivity index (χ1v) is 6.07. The molecule has 3 rings (SSSR count). The van der Waals surface area contributed by atoms with E-state index in [1.54, 1.807) is 0 Å². The highest BCUT2D eigenvalue weighted by Gasteiger charge is 2.06. The van der Waals surface area contributed by atoms with Gasteiger partial charge in [0.15, 0.2) is 0 Å². The van der Waals surface area contributed by atoms with Crippen LogP contribution in [0, 0.1) is 13.8 Å². The highest BCUT2D eigenvalue weighted by molar-refractivity contribution is 5.79. The van der Waals surface area contributed by atoms with Crippen molar-refractivity contribution in [2.24, 2.45) is 0 Å². The lowest BCUT2D eigenvalue weighted by molar-refractivity contribution is 1.03. The van der Waals surface area contributed by atoms with Gasteiger partial charge in [-0.3, -0.25) is 4.98 Å². The minimum Gasteiger partial charge on any atom is -0.342 e. The second-order valence-corrected chi connectivity index (χ2v) is 4.69. The Morgan fingerprint density at radius 3 is 2.67 bits per heavy atom. The van der Waals surface area contributed by atoms with Gasteiger partial charge < -0.3 is 4.98 Å². The smallest absolute Gasteiger partial charge is 0.111 e. The number of aryl methyl sites for hydroxylation is 2. The third kappa shape index (κ3) is 1.99. The minimum atomic E-state index is 0.815. The zero-order valence-electron chi connectivity index (χ0n) is 10.6. The number of hydrogen-bond donors (Lipinski definition) is 1. The van der Waals surface area contributed by atoms with E-state index >= 15 is 0 Å². The van der Waals surface area contributed by atoms with Crippen molar-refractivity contribution in [1.29, 1.82) is 0 Å². The quantitative estimate of drug-likeness (QED) is 0.743. The predicted octanol–water partition coefficient (Wildman–Crippen LogP) is 3.17. The second kappa shape index (κ2) is 4.26. The van der Waals surface area contributed by atoms with Gasteiger partial charge in [0, 0.05) is 18.8 Å². The number of nitrogens with zero attached hydrogens (tertiary/aromatic N) is 2. The molecule has 3 heteroatoms. The molecule has 0 saturated heterocycles. The predicted molar refractivity (Wildman–Crippen MR) is 72.6 cm³/mol. The van der Waals surface area contributed by atoms with Crippen LogP contribution in [0.4, 0.5) is 0 Å². The molecule has 18 heavy (non-hydrogen) atoms. The molecule has 3 nitrogen and oxygen atoms in total. The Kier molecular flexibility index (Phi) is 2.59. The number of nitrogens with one attached hydrogen (secondary N) is 1. The Hall–Kier alpha value is -2.16. The average Bonchev–Trinajstić information content (AvgIpc) is 2.73.